The maximum absolute atomic E-state index is 12.4. The second kappa shape index (κ2) is 7.75. The second-order valence-corrected chi connectivity index (χ2v) is 6.51. The number of para-hydroxylation sites is 1. The van der Waals surface area contributed by atoms with Crippen molar-refractivity contribution in [2.75, 3.05) is 10.6 Å². The molecule has 0 aliphatic carbocycles. The fraction of sp³-hybridized carbons (Fsp3) is 0.0556. The van der Waals surface area contributed by atoms with Crippen LogP contribution in [0.1, 0.15) is 25.7 Å². The van der Waals surface area contributed by atoms with Crippen molar-refractivity contribution in [1.82, 2.24) is 4.98 Å². The standard InChI is InChI=1S/C18H14N4O4S/c1-11-15(17(24)20-13-5-3-2-4-6-13)27-18(19-11)21-16(23)12-7-9-14(10-8-12)22(25)26/h2-10H,1H3,(H,20,24)(H,19,21,23). The summed E-state index contributed by atoms with van der Waals surface area (Å²) in [6.07, 6.45) is 0. The van der Waals surface area contributed by atoms with Gasteiger partial charge in [0.1, 0.15) is 4.88 Å². The van der Waals surface area contributed by atoms with Crippen molar-refractivity contribution in [2.45, 2.75) is 6.92 Å². The van der Waals surface area contributed by atoms with E-state index in [0.29, 0.717) is 16.3 Å². The first-order valence-electron chi connectivity index (χ1n) is 7.83. The van der Waals surface area contributed by atoms with Crippen molar-refractivity contribution in [3.63, 3.8) is 0 Å². The molecule has 0 saturated heterocycles. The molecule has 1 heterocycles. The lowest BCUT2D eigenvalue weighted by Crippen LogP contribution is -2.11. The third-order valence-corrected chi connectivity index (χ3v) is 4.67. The average molecular weight is 382 g/mol. The molecule has 3 rings (SSSR count). The molecule has 0 saturated carbocycles. The lowest BCUT2D eigenvalue weighted by molar-refractivity contribution is -0.384. The Morgan fingerprint density at radius 1 is 1.00 bits per heavy atom. The predicted octanol–water partition coefficient (Wildman–Crippen LogP) is 3.86. The van der Waals surface area contributed by atoms with Crippen LogP contribution in [0.3, 0.4) is 0 Å². The fourth-order valence-electron chi connectivity index (χ4n) is 2.27. The summed E-state index contributed by atoms with van der Waals surface area (Å²) in [5, 5.41) is 16.3. The van der Waals surface area contributed by atoms with Crippen LogP contribution in [0, 0.1) is 17.0 Å². The summed E-state index contributed by atoms with van der Waals surface area (Å²) in [7, 11) is 0. The van der Waals surface area contributed by atoms with Crippen LogP contribution in [-0.2, 0) is 0 Å². The van der Waals surface area contributed by atoms with Crippen molar-refractivity contribution in [3.05, 3.63) is 80.8 Å². The van der Waals surface area contributed by atoms with Gasteiger partial charge in [-0.15, -0.1) is 0 Å². The lowest BCUT2D eigenvalue weighted by Gasteiger charge is -2.03. The van der Waals surface area contributed by atoms with Crippen molar-refractivity contribution in [1.29, 1.82) is 0 Å². The van der Waals surface area contributed by atoms with Gasteiger partial charge >= 0.3 is 0 Å². The van der Waals surface area contributed by atoms with Gasteiger partial charge in [0.05, 0.1) is 10.6 Å². The van der Waals surface area contributed by atoms with Gasteiger partial charge in [-0.05, 0) is 31.2 Å². The van der Waals surface area contributed by atoms with E-state index in [1.165, 1.54) is 24.3 Å². The largest absolute Gasteiger partial charge is 0.321 e. The van der Waals surface area contributed by atoms with Crippen LogP contribution in [0.4, 0.5) is 16.5 Å². The minimum Gasteiger partial charge on any atom is -0.321 e. The Bertz CT molecular complexity index is 1000. The highest BCUT2D eigenvalue weighted by Gasteiger charge is 2.17. The van der Waals surface area contributed by atoms with Gasteiger partial charge in [0, 0.05) is 23.4 Å². The van der Waals surface area contributed by atoms with Crippen LogP contribution < -0.4 is 10.6 Å². The molecule has 0 aliphatic heterocycles. The summed E-state index contributed by atoms with van der Waals surface area (Å²) in [5.74, 6) is -0.777. The van der Waals surface area contributed by atoms with Gasteiger partial charge in [0.2, 0.25) is 0 Å². The molecule has 0 atom stereocenters. The first kappa shape index (κ1) is 18.2. The summed E-state index contributed by atoms with van der Waals surface area (Å²) in [6, 6.07) is 14.2. The number of nitro benzene ring substituents is 1. The number of carbonyl (C=O) groups is 2. The SMILES string of the molecule is Cc1nc(NC(=O)c2ccc([N+](=O)[O-])cc2)sc1C(=O)Nc1ccccc1. The molecule has 2 amide bonds. The minimum absolute atomic E-state index is 0.100. The molecule has 0 aliphatic rings. The lowest BCUT2D eigenvalue weighted by atomic mass is 10.2. The number of rotatable bonds is 5. The summed E-state index contributed by atoms with van der Waals surface area (Å²) in [6.45, 7) is 1.68. The van der Waals surface area contributed by atoms with E-state index in [-0.39, 0.29) is 22.3 Å². The Balaban J connectivity index is 1.71. The van der Waals surface area contributed by atoms with Crippen LogP contribution in [0.15, 0.2) is 54.6 Å². The summed E-state index contributed by atoms with van der Waals surface area (Å²) in [5.41, 5.74) is 1.31. The van der Waals surface area contributed by atoms with Crippen LogP contribution in [0.25, 0.3) is 0 Å². The van der Waals surface area contributed by atoms with Crippen molar-refractivity contribution < 1.29 is 14.5 Å². The average Bonchev–Trinajstić information content (AvgIpc) is 3.03. The maximum Gasteiger partial charge on any atom is 0.269 e. The molecule has 3 aromatic rings. The molecule has 136 valence electrons. The molecule has 2 N–H and O–H groups in total. The molecule has 27 heavy (non-hydrogen) atoms. The van der Waals surface area contributed by atoms with E-state index in [1.54, 1.807) is 19.1 Å². The quantitative estimate of drug-likeness (QED) is 0.514. The van der Waals surface area contributed by atoms with Crippen LogP contribution in [-0.4, -0.2) is 21.7 Å². The Hall–Kier alpha value is -3.59. The zero-order valence-electron chi connectivity index (χ0n) is 14.1. The summed E-state index contributed by atoms with van der Waals surface area (Å²) in [4.78, 5) is 39.4. The van der Waals surface area contributed by atoms with Gasteiger partial charge in [-0.3, -0.25) is 25.0 Å². The van der Waals surface area contributed by atoms with Crippen molar-refractivity contribution in [2.24, 2.45) is 0 Å². The third-order valence-electron chi connectivity index (χ3n) is 3.60. The number of carbonyl (C=O) groups excluding carboxylic acids is 2. The molecule has 8 nitrogen and oxygen atoms in total. The number of thiazole rings is 1. The zero-order chi connectivity index (χ0) is 19.4. The fourth-order valence-corrected chi connectivity index (χ4v) is 3.13. The van der Waals surface area contributed by atoms with E-state index in [2.05, 4.69) is 15.6 Å². The number of non-ortho nitro benzene ring substituents is 1. The van der Waals surface area contributed by atoms with Crippen LogP contribution >= 0.6 is 11.3 Å². The Kier molecular flexibility index (Phi) is 5.23. The molecule has 0 radical (unpaired) electrons. The molecule has 0 fully saturated rings. The Morgan fingerprint density at radius 3 is 2.30 bits per heavy atom. The number of hydrogen-bond donors (Lipinski definition) is 2. The highest BCUT2D eigenvalue weighted by atomic mass is 32.1. The van der Waals surface area contributed by atoms with Crippen molar-refractivity contribution >= 4 is 39.7 Å². The number of nitrogens with zero attached hydrogens (tertiary/aromatic N) is 2. The summed E-state index contributed by atoms with van der Waals surface area (Å²) >= 11 is 1.05. The van der Waals surface area contributed by atoms with E-state index in [4.69, 9.17) is 0 Å². The first-order chi connectivity index (χ1) is 12.9. The van der Waals surface area contributed by atoms with Gasteiger partial charge < -0.3 is 5.32 Å². The Labute approximate surface area is 158 Å². The monoisotopic (exact) mass is 382 g/mol. The predicted molar refractivity (Wildman–Crippen MR) is 102 cm³/mol. The van der Waals surface area contributed by atoms with Crippen LogP contribution in [0.2, 0.25) is 0 Å². The molecule has 2 aromatic carbocycles. The maximum atomic E-state index is 12.4. The number of amides is 2. The molecule has 0 spiro atoms. The summed E-state index contributed by atoms with van der Waals surface area (Å²) < 4.78 is 0. The molecule has 9 heteroatoms. The van der Waals surface area contributed by atoms with Crippen molar-refractivity contribution in [3.8, 4) is 0 Å². The number of aromatic nitrogens is 1. The smallest absolute Gasteiger partial charge is 0.269 e. The highest BCUT2D eigenvalue weighted by Crippen LogP contribution is 2.24. The van der Waals surface area contributed by atoms with Crippen LogP contribution in [0.5, 0.6) is 0 Å². The first-order valence-corrected chi connectivity index (χ1v) is 8.65. The zero-order valence-corrected chi connectivity index (χ0v) is 14.9. The number of anilines is 2. The third kappa shape index (κ3) is 4.33. The van der Waals surface area contributed by atoms with E-state index in [0.717, 1.165) is 11.3 Å². The normalized spacial score (nSPS) is 10.3. The second-order valence-electron chi connectivity index (χ2n) is 5.51. The van der Waals surface area contributed by atoms with Gasteiger partial charge in [-0.25, -0.2) is 4.98 Å². The van der Waals surface area contributed by atoms with E-state index in [9.17, 15) is 19.7 Å². The Morgan fingerprint density at radius 2 is 1.67 bits per heavy atom. The van der Waals surface area contributed by atoms with E-state index >= 15 is 0 Å². The molecular weight excluding hydrogens is 368 g/mol. The number of aryl methyl sites for hydroxylation is 1. The van der Waals surface area contributed by atoms with Gasteiger partial charge in [-0.1, -0.05) is 29.5 Å². The topological polar surface area (TPSA) is 114 Å². The van der Waals surface area contributed by atoms with E-state index < -0.39 is 10.8 Å². The van der Waals surface area contributed by atoms with Gasteiger partial charge in [-0.2, -0.15) is 0 Å². The van der Waals surface area contributed by atoms with Gasteiger partial charge in [0.25, 0.3) is 17.5 Å². The number of hydrogen-bond acceptors (Lipinski definition) is 6. The molecule has 1 aromatic heterocycles. The van der Waals surface area contributed by atoms with E-state index in [1.807, 2.05) is 18.2 Å². The number of nitro groups is 1. The highest BCUT2D eigenvalue weighted by molar-refractivity contribution is 7.17. The molecular formula is C18H14N4O4S. The number of nitrogens with one attached hydrogen (secondary N) is 2. The molecule has 0 bridgehead atoms. The van der Waals surface area contributed by atoms with Gasteiger partial charge in [0.15, 0.2) is 5.13 Å². The molecule has 0 unspecified atom stereocenters. The minimum atomic E-state index is -0.538. The number of benzene rings is 2.